The molecule has 1 aliphatic heterocycles. The Morgan fingerprint density at radius 1 is 0.950 bits per heavy atom. The summed E-state index contributed by atoms with van der Waals surface area (Å²) in [4.78, 5) is 94.2. The lowest BCUT2D eigenvalue weighted by Gasteiger charge is -2.63. The van der Waals surface area contributed by atoms with Crippen molar-refractivity contribution in [2.75, 3.05) is 33.0 Å². The van der Waals surface area contributed by atoms with E-state index in [1.165, 1.54) is 13.0 Å². The number of fused-ring (bicyclic) bond motifs is 7. The minimum absolute atomic E-state index is 0.0303. The van der Waals surface area contributed by atoms with Crippen molar-refractivity contribution in [3.05, 3.63) is 44.0 Å². The zero-order valence-corrected chi connectivity index (χ0v) is 33.7. The topological polar surface area (TPSA) is 268 Å². The van der Waals surface area contributed by atoms with Crippen molar-refractivity contribution in [2.45, 2.75) is 127 Å². The smallest absolute Gasteiger partial charge is 0.464 e. The third kappa shape index (κ3) is 8.95. The number of Topliss-reactive ketones (excluding diaryl/α,β-unsaturated/α-hetero) is 1. The van der Waals surface area contributed by atoms with Crippen molar-refractivity contribution >= 4 is 29.6 Å². The molecule has 5 aliphatic rings. The number of carbonyl (C=O) groups excluding carboxylic acids is 5. The number of nitrogens with one attached hydrogen (secondary N) is 1. The third-order valence-corrected chi connectivity index (χ3v) is 12.6. The lowest BCUT2D eigenvalue weighted by molar-refractivity contribution is -0.757. The van der Waals surface area contributed by atoms with E-state index in [1.807, 2.05) is 0 Å². The number of unbranched alkanes of at least 4 members (excludes halogenated alkanes) is 3. The van der Waals surface area contributed by atoms with Crippen molar-refractivity contribution in [1.82, 2.24) is 5.32 Å². The van der Waals surface area contributed by atoms with Crippen molar-refractivity contribution < 1.29 is 81.4 Å². The Bertz CT molecular complexity index is 1780. The summed E-state index contributed by atoms with van der Waals surface area (Å²) in [5.74, 6) is -6.29. The molecule has 0 bridgehead atoms. The van der Waals surface area contributed by atoms with Crippen LogP contribution >= 0.6 is 0 Å². The van der Waals surface area contributed by atoms with Crippen molar-refractivity contribution in [3.63, 3.8) is 0 Å². The molecule has 2 N–H and O–H groups in total. The number of hydrogen-bond donors (Lipinski definition) is 2. The quantitative estimate of drug-likeness (QED) is 0.0769. The first-order chi connectivity index (χ1) is 28.1. The van der Waals surface area contributed by atoms with Gasteiger partial charge in [-0.25, -0.2) is 18.4 Å². The van der Waals surface area contributed by atoms with Crippen molar-refractivity contribution in [3.8, 4) is 0 Å². The first-order valence-electron chi connectivity index (χ1n) is 19.8. The zero-order chi connectivity index (χ0) is 44.3. The van der Waals surface area contributed by atoms with Gasteiger partial charge in [-0.3, -0.25) is 14.4 Å². The summed E-state index contributed by atoms with van der Waals surface area (Å²) >= 11 is 0. The molecule has 0 aromatic heterocycles. The molecule has 0 radical (unpaired) electrons. The minimum Gasteiger partial charge on any atom is -0.464 e. The summed E-state index contributed by atoms with van der Waals surface area (Å²) in [6, 6.07) is -1.56. The van der Waals surface area contributed by atoms with E-state index in [4.69, 9.17) is 23.7 Å². The maximum atomic E-state index is 17.7. The molecule has 4 fully saturated rings. The van der Waals surface area contributed by atoms with E-state index in [9.17, 15) is 49.3 Å². The predicted octanol–water partition coefficient (Wildman–Crippen LogP) is 3.31. The number of allylic oxidation sites excluding steroid dienone is 4. The van der Waals surface area contributed by atoms with E-state index in [2.05, 4.69) is 15.0 Å². The van der Waals surface area contributed by atoms with Crippen LogP contribution in [0.2, 0.25) is 0 Å². The van der Waals surface area contributed by atoms with Gasteiger partial charge in [-0.1, -0.05) is 19.4 Å². The molecule has 0 aromatic carbocycles. The first-order valence-corrected chi connectivity index (χ1v) is 19.8. The number of nitrogens with zero attached hydrogens (tertiary/aromatic N) is 2. The molecule has 60 heavy (non-hydrogen) atoms. The van der Waals surface area contributed by atoms with E-state index in [-0.39, 0.29) is 76.8 Å². The van der Waals surface area contributed by atoms with Crippen LogP contribution in [-0.4, -0.2) is 119 Å². The summed E-state index contributed by atoms with van der Waals surface area (Å²) in [7, 11) is 0. The third-order valence-electron chi connectivity index (χ3n) is 12.6. The summed E-state index contributed by atoms with van der Waals surface area (Å²) in [6.45, 7) is 3.77. The predicted molar refractivity (Wildman–Crippen MR) is 196 cm³/mol. The molecule has 0 aromatic rings. The molecule has 3 saturated carbocycles. The van der Waals surface area contributed by atoms with Crippen LogP contribution in [0.25, 0.3) is 0 Å². The van der Waals surface area contributed by atoms with Gasteiger partial charge in [0.05, 0.1) is 32.0 Å². The summed E-state index contributed by atoms with van der Waals surface area (Å²) < 4.78 is 61.7. The highest BCUT2D eigenvalue weighted by Crippen LogP contribution is 2.72. The molecule has 0 spiro atoms. The van der Waals surface area contributed by atoms with Gasteiger partial charge in [0.15, 0.2) is 35.5 Å². The number of ketones is 2. The highest BCUT2D eigenvalue weighted by molar-refractivity contribution is 6.01. The molecular weight excluding hydrogens is 808 g/mol. The Kier molecular flexibility index (Phi) is 13.9. The van der Waals surface area contributed by atoms with E-state index >= 15 is 8.78 Å². The van der Waals surface area contributed by atoms with Crippen LogP contribution in [0.15, 0.2) is 23.8 Å². The van der Waals surface area contributed by atoms with Crippen molar-refractivity contribution in [1.29, 1.82) is 0 Å². The lowest BCUT2D eigenvalue weighted by atomic mass is 9.44. The number of alkyl halides is 2. The van der Waals surface area contributed by atoms with Gasteiger partial charge in [-0.15, -0.1) is 20.2 Å². The number of halogens is 2. The van der Waals surface area contributed by atoms with Crippen LogP contribution in [-0.2, 0) is 52.5 Å². The molecule has 1 amide bonds. The molecule has 20 nitrogen and oxygen atoms in total. The minimum atomic E-state index is -2.44. The molecule has 1 saturated heterocycles. The van der Waals surface area contributed by atoms with Gasteiger partial charge in [0.2, 0.25) is 11.7 Å². The van der Waals surface area contributed by atoms with Gasteiger partial charge in [0, 0.05) is 23.2 Å². The molecule has 4 aliphatic carbocycles. The monoisotopic (exact) mass is 859 g/mol. The number of aliphatic hydroxyl groups is 1. The maximum Gasteiger partial charge on any atom is 0.508 e. The molecular formula is C38H51F2N3O17. The van der Waals surface area contributed by atoms with E-state index in [0.29, 0.717) is 6.42 Å². The Morgan fingerprint density at radius 2 is 1.60 bits per heavy atom. The van der Waals surface area contributed by atoms with Gasteiger partial charge >= 0.3 is 12.1 Å². The van der Waals surface area contributed by atoms with Crippen LogP contribution < -0.4 is 5.32 Å². The lowest BCUT2D eigenvalue weighted by Crippen LogP contribution is -2.71. The number of hydrogen-bond acceptors (Lipinski definition) is 17. The average molecular weight is 860 g/mol. The summed E-state index contributed by atoms with van der Waals surface area (Å²) in [6.07, 6.45) is -2.02. The highest BCUT2D eigenvalue weighted by Gasteiger charge is 2.80. The number of amides is 1. The van der Waals surface area contributed by atoms with Crippen LogP contribution in [0.5, 0.6) is 0 Å². The summed E-state index contributed by atoms with van der Waals surface area (Å²) in [5.41, 5.74) is -7.45. The van der Waals surface area contributed by atoms with E-state index in [0.717, 1.165) is 12.2 Å². The second-order valence-electron chi connectivity index (χ2n) is 16.6. The SMILES string of the molecule is CC1(C)O[C@@H]2CC3C4C[C@H](F)C5=CC(=O)C=C[C@]5(C)[C@@]4(F)[C@@H](O)C[C@]3(C)[C@]2(C(=O)COC(=O)OCC(NC(=O)CCCCCO[N+](=O)[O-])C(=O)OCCCCO[N+](=O)[O-])O1. The second kappa shape index (κ2) is 18.0. The van der Waals surface area contributed by atoms with E-state index < -0.39 is 117 Å². The Balaban J connectivity index is 1.25. The number of ether oxygens (including phenoxy) is 5. The van der Waals surface area contributed by atoms with Gasteiger partial charge in [0.1, 0.15) is 12.8 Å². The summed E-state index contributed by atoms with van der Waals surface area (Å²) in [5, 5.41) is 32.9. The van der Waals surface area contributed by atoms with Gasteiger partial charge in [0.25, 0.3) is 10.2 Å². The van der Waals surface area contributed by atoms with E-state index in [1.54, 1.807) is 20.8 Å². The average Bonchev–Trinajstić information content (AvgIpc) is 3.58. The zero-order valence-electron chi connectivity index (χ0n) is 33.7. The normalized spacial score (nSPS) is 33.8. The maximum absolute atomic E-state index is 17.7. The number of carbonyl (C=O) groups is 5. The fourth-order valence-electron chi connectivity index (χ4n) is 9.98. The molecule has 10 atom stereocenters. The van der Waals surface area contributed by atoms with Gasteiger partial charge < -0.3 is 43.8 Å². The fraction of sp³-hybridized carbons (Fsp3) is 0.763. The van der Waals surface area contributed by atoms with Crippen LogP contribution in [0.4, 0.5) is 13.6 Å². The van der Waals surface area contributed by atoms with Crippen LogP contribution in [0.3, 0.4) is 0 Å². The number of rotatable bonds is 20. The van der Waals surface area contributed by atoms with Gasteiger partial charge in [-0.05, 0) is 89.4 Å². The van der Waals surface area contributed by atoms with Crippen LogP contribution in [0, 0.1) is 42.9 Å². The standard InChI is InChI=1S/C38H51F2N3O17/c1-34(2)59-30-18-23-24-17-26(39)25-16-22(44)11-12-35(25,3)37(24,40)28(45)19-36(23,4)38(30,60-34)29(46)21-56-33(49)55-20-27(32(48)54-13-8-9-15-58-43(52)53)41-31(47)10-6-5-7-14-57-42(50)51/h11-12,16,23-24,26-28,30,45H,5-10,13-15,17-21H2,1-4H3,(H,41,47)/t23?,24?,26-,27?,28-,30+,35-,36-,37-,38+/m0/s1. The molecule has 1 heterocycles. The highest BCUT2D eigenvalue weighted by atomic mass is 19.1. The fourth-order valence-corrected chi connectivity index (χ4v) is 9.98. The molecule has 22 heteroatoms. The Hall–Kier alpha value is -4.83. The number of esters is 1. The Morgan fingerprint density at radius 3 is 2.27 bits per heavy atom. The first kappa shape index (κ1) is 46.2. The second-order valence-corrected chi connectivity index (χ2v) is 16.6. The van der Waals surface area contributed by atoms with Crippen LogP contribution in [0.1, 0.15) is 85.5 Å². The Labute approximate surface area is 342 Å². The molecule has 3 unspecified atom stereocenters. The number of aliphatic hydroxyl groups excluding tert-OH is 1. The van der Waals surface area contributed by atoms with Gasteiger partial charge in [-0.2, -0.15) is 0 Å². The molecule has 5 rings (SSSR count). The van der Waals surface area contributed by atoms with Crippen molar-refractivity contribution in [2.24, 2.45) is 22.7 Å². The molecule has 334 valence electrons. The largest absolute Gasteiger partial charge is 0.508 e.